The van der Waals surface area contributed by atoms with Crippen LogP contribution in [0.25, 0.3) is 0 Å². The fourth-order valence-corrected chi connectivity index (χ4v) is 4.01. The number of carbonyl (C=O) groups excluding carboxylic acids is 4. The smallest absolute Gasteiger partial charge is 0.341 e. The SMILES string of the molecule is CCOC(=O)c1c(NC(=O)CCC(=O)OC)sc(C(=O)Nc2ccc(C)cc2C)c1C. The van der Waals surface area contributed by atoms with Gasteiger partial charge >= 0.3 is 11.9 Å². The number of amides is 2. The van der Waals surface area contributed by atoms with Crippen LogP contribution in [0.1, 0.15) is 56.5 Å². The number of thiophene rings is 1. The van der Waals surface area contributed by atoms with E-state index in [9.17, 15) is 19.2 Å². The van der Waals surface area contributed by atoms with Crippen LogP contribution < -0.4 is 10.6 Å². The molecule has 0 atom stereocenters. The molecule has 0 bridgehead atoms. The lowest BCUT2D eigenvalue weighted by Gasteiger charge is -2.09. The van der Waals surface area contributed by atoms with Crippen LogP contribution in [0.3, 0.4) is 0 Å². The average Bonchev–Trinajstić information content (AvgIpc) is 3.04. The van der Waals surface area contributed by atoms with Crippen LogP contribution in [0.15, 0.2) is 18.2 Å². The van der Waals surface area contributed by atoms with Gasteiger partial charge in [0.2, 0.25) is 5.91 Å². The number of esters is 2. The second-order valence-electron chi connectivity index (χ2n) is 6.88. The molecule has 0 fully saturated rings. The molecule has 0 saturated carbocycles. The van der Waals surface area contributed by atoms with Gasteiger partial charge in [0, 0.05) is 12.1 Å². The van der Waals surface area contributed by atoms with Crippen molar-refractivity contribution in [2.24, 2.45) is 0 Å². The van der Waals surface area contributed by atoms with E-state index in [4.69, 9.17) is 4.74 Å². The summed E-state index contributed by atoms with van der Waals surface area (Å²) >= 11 is 0.984. The molecule has 2 rings (SSSR count). The van der Waals surface area contributed by atoms with Gasteiger partial charge in [0.1, 0.15) is 5.00 Å². The number of hydrogen-bond donors (Lipinski definition) is 2. The van der Waals surface area contributed by atoms with Crippen LogP contribution in [0.2, 0.25) is 0 Å². The van der Waals surface area contributed by atoms with Crippen molar-refractivity contribution in [2.45, 2.75) is 40.5 Å². The quantitative estimate of drug-likeness (QED) is 0.593. The molecule has 1 heterocycles. The molecule has 0 aliphatic heterocycles. The van der Waals surface area contributed by atoms with Crippen molar-refractivity contribution in [1.82, 2.24) is 0 Å². The number of nitrogens with one attached hydrogen (secondary N) is 2. The first-order valence-electron chi connectivity index (χ1n) is 9.73. The summed E-state index contributed by atoms with van der Waals surface area (Å²) in [4.78, 5) is 49.2. The Balaban J connectivity index is 2.32. The van der Waals surface area contributed by atoms with Gasteiger partial charge in [-0.3, -0.25) is 14.4 Å². The van der Waals surface area contributed by atoms with E-state index in [0.29, 0.717) is 11.3 Å². The van der Waals surface area contributed by atoms with Gasteiger partial charge in [-0.05, 0) is 44.9 Å². The summed E-state index contributed by atoms with van der Waals surface area (Å²) in [5.41, 5.74) is 3.18. The van der Waals surface area contributed by atoms with Gasteiger partial charge in [-0.25, -0.2) is 4.79 Å². The maximum Gasteiger partial charge on any atom is 0.341 e. The Hall–Kier alpha value is -3.20. The molecular formula is C22H26N2O6S. The predicted octanol–water partition coefficient (Wildman–Crippen LogP) is 3.99. The lowest BCUT2D eigenvalue weighted by Crippen LogP contribution is -2.16. The van der Waals surface area contributed by atoms with Gasteiger partial charge in [0.05, 0.1) is 30.6 Å². The Morgan fingerprint density at radius 1 is 1.03 bits per heavy atom. The number of aryl methyl sites for hydroxylation is 2. The first-order chi connectivity index (χ1) is 14.7. The zero-order valence-electron chi connectivity index (χ0n) is 18.2. The van der Waals surface area contributed by atoms with Crippen LogP contribution in [0, 0.1) is 20.8 Å². The molecule has 0 unspecified atom stereocenters. The van der Waals surface area contributed by atoms with Crippen molar-refractivity contribution in [3.05, 3.63) is 45.3 Å². The summed E-state index contributed by atoms with van der Waals surface area (Å²) in [7, 11) is 1.24. The Kier molecular flexibility index (Phi) is 8.32. The Morgan fingerprint density at radius 2 is 1.74 bits per heavy atom. The van der Waals surface area contributed by atoms with Crippen LogP contribution >= 0.6 is 11.3 Å². The molecule has 2 aromatic rings. The van der Waals surface area contributed by atoms with E-state index < -0.39 is 23.8 Å². The van der Waals surface area contributed by atoms with E-state index in [1.807, 2.05) is 32.0 Å². The second-order valence-corrected chi connectivity index (χ2v) is 7.90. The maximum absolute atomic E-state index is 12.9. The van der Waals surface area contributed by atoms with Gasteiger partial charge in [0.15, 0.2) is 0 Å². The Morgan fingerprint density at radius 3 is 2.35 bits per heavy atom. The zero-order valence-corrected chi connectivity index (χ0v) is 19.0. The monoisotopic (exact) mass is 446 g/mol. The summed E-state index contributed by atoms with van der Waals surface area (Å²) in [6.07, 6.45) is -0.211. The van der Waals surface area contributed by atoms with E-state index in [-0.39, 0.29) is 34.9 Å². The molecule has 0 saturated heterocycles. The van der Waals surface area contributed by atoms with Crippen molar-refractivity contribution in [2.75, 3.05) is 24.4 Å². The Labute approximate surface area is 184 Å². The first-order valence-corrected chi connectivity index (χ1v) is 10.5. The zero-order chi connectivity index (χ0) is 23.1. The molecule has 9 heteroatoms. The van der Waals surface area contributed by atoms with Crippen molar-refractivity contribution in [3.63, 3.8) is 0 Å². The lowest BCUT2D eigenvalue weighted by molar-refractivity contribution is -0.141. The fraction of sp³-hybridized carbons (Fsp3) is 0.364. The van der Waals surface area contributed by atoms with Crippen molar-refractivity contribution in [3.8, 4) is 0 Å². The van der Waals surface area contributed by atoms with E-state index >= 15 is 0 Å². The molecule has 2 N–H and O–H groups in total. The van der Waals surface area contributed by atoms with Crippen LogP contribution in [0.5, 0.6) is 0 Å². The molecule has 1 aromatic carbocycles. The number of anilines is 2. The fourth-order valence-electron chi connectivity index (χ4n) is 2.91. The summed E-state index contributed by atoms with van der Waals surface area (Å²) in [6, 6.07) is 5.65. The lowest BCUT2D eigenvalue weighted by atomic mass is 10.1. The molecule has 31 heavy (non-hydrogen) atoms. The van der Waals surface area contributed by atoms with Gasteiger partial charge in [-0.1, -0.05) is 17.7 Å². The molecule has 166 valence electrons. The van der Waals surface area contributed by atoms with Crippen LogP contribution in [-0.4, -0.2) is 37.5 Å². The number of rotatable bonds is 8. The first kappa shape index (κ1) is 24.1. The minimum Gasteiger partial charge on any atom is -0.469 e. The van der Waals surface area contributed by atoms with Crippen LogP contribution in [0.4, 0.5) is 10.7 Å². The van der Waals surface area contributed by atoms with Gasteiger partial charge in [0.25, 0.3) is 5.91 Å². The third kappa shape index (κ3) is 6.14. The Bertz CT molecular complexity index is 1010. The van der Waals surface area contributed by atoms with E-state index in [2.05, 4.69) is 15.4 Å². The highest BCUT2D eigenvalue weighted by Gasteiger charge is 2.27. The third-order valence-corrected chi connectivity index (χ3v) is 5.71. The highest BCUT2D eigenvalue weighted by Crippen LogP contribution is 2.34. The summed E-state index contributed by atoms with van der Waals surface area (Å²) in [5, 5.41) is 5.68. The third-order valence-electron chi connectivity index (χ3n) is 4.50. The topological polar surface area (TPSA) is 111 Å². The van der Waals surface area contributed by atoms with Crippen molar-refractivity contribution < 1.29 is 28.7 Å². The minimum atomic E-state index is -0.634. The molecule has 0 spiro atoms. The van der Waals surface area contributed by atoms with Gasteiger partial charge < -0.3 is 20.1 Å². The highest BCUT2D eigenvalue weighted by molar-refractivity contribution is 7.18. The number of benzene rings is 1. The molecule has 2 amide bonds. The van der Waals surface area contributed by atoms with Gasteiger partial charge in [-0.2, -0.15) is 0 Å². The highest BCUT2D eigenvalue weighted by atomic mass is 32.1. The number of carbonyl (C=O) groups is 4. The normalized spacial score (nSPS) is 10.4. The minimum absolute atomic E-state index is 0.0958. The second kappa shape index (κ2) is 10.7. The molecule has 8 nitrogen and oxygen atoms in total. The number of methoxy groups -OCH3 is 1. The molecule has 1 aromatic heterocycles. The largest absolute Gasteiger partial charge is 0.469 e. The van der Waals surface area contributed by atoms with Crippen molar-refractivity contribution in [1.29, 1.82) is 0 Å². The van der Waals surface area contributed by atoms with Crippen molar-refractivity contribution >= 4 is 45.8 Å². The number of ether oxygens (including phenoxy) is 2. The predicted molar refractivity (Wildman–Crippen MR) is 119 cm³/mol. The van der Waals surface area contributed by atoms with Crippen LogP contribution in [-0.2, 0) is 19.1 Å². The maximum atomic E-state index is 12.9. The van der Waals surface area contributed by atoms with Gasteiger partial charge in [-0.15, -0.1) is 11.3 Å². The van der Waals surface area contributed by atoms with E-state index in [1.165, 1.54) is 7.11 Å². The van der Waals surface area contributed by atoms with E-state index in [1.54, 1.807) is 13.8 Å². The summed E-state index contributed by atoms with van der Waals surface area (Å²) < 4.78 is 9.63. The summed E-state index contributed by atoms with van der Waals surface area (Å²) in [5.74, 6) is -2.02. The standard InChI is InChI=1S/C22H26N2O6S/c1-6-30-22(28)18-14(4)19(20(27)23-15-8-7-12(2)11-13(15)3)31-21(18)24-16(25)9-10-17(26)29-5/h7-8,11H,6,9-10H2,1-5H3,(H,23,27)(H,24,25). The molecule has 0 radical (unpaired) electrons. The molecule has 0 aliphatic rings. The average molecular weight is 447 g/mol. The van der Waals surface area contributed by atoms with E-state index in [0.717, 1.165) is 22.5 Å². The molecule has 0 aliphatic carbocycles. The number of hydrogen-bond acceptors (Lipinski definition) is 7. The molecular weight excluding hydrogens is 420 g/mol. The summed E-state index contributed by atoms with van der Waals surface area (Å²) in [6.45, 7) is 7.30.